The van der Waals surface area contributed by atoms with Crippen molar-refractivity contribution in [1.29, 1.82) is 0 Å². The molecule has 2 unspecified atom stereocenters. The summed E-state index contributed by atoms with van der Waals surface area (Å²) >= 11 is 0. The van der Waals surface area contributed by atoms with Gasteiger partial charge in [0, 0.05) is 32.6 Å². The molecule has 2 atom stereocenters. The monoisotopic (exact) mass is 212 g/mol. The second-order valence-corrected chi connectivity index (χ2v) is 5.14. The lowest BCUT2D eigenvalue weighted by molar-refractivity contribution is -0.129. The summed E-state index contributed by atoms with van der Waals surface area (Å²) in [4.78, 5) is 13.1. The van der Waals surface area contributed by atoms with Crippen molar-refractivity contribution in [2.24, 2.45) is 5.92 Å². The quantitative estimate of drug-likeness (QED) is 0.726. The normalized spacial score (nSPS) is 19.7. The lowest BCUT2D eigenvalue weighted by Crippen LogP contribution is -2.38. The molecule has 0 saturated heterocycles. The summed E-state index contributed by atoms with van der Waals surface area (Å²) < 4.78 is 0. The minimum absolute atomic E-state index is 0.202. The molecule has 3 nitrogen and oxygen atoms in total. The van der Waals surface area contributed by atoms with Crippen molar-refractivity contribution in [2.75, 3.05) is 14.1 Å². The van der Waals surface area contributed by atoms with E-state index in [1.165, 1.54) is 19.3 Å². The zero-order valence-corrected chi connectivity index (χ0v) is 10.4. The Kier molecular flexibility index (Phi) is 4.58. The molecule has 0 bridgehead atoms. The fourth-order valence-electron chi connectivity index (χ4n) is 1.91. The third kappa shape index (κ3) is 5.17. The van der Waals surface area contributed by atoms with Crippen LogP contribution in [0.4, 0.5) is 0 Å². The molecule has 1 saturated carbocycles. The lowest BCUT2D eigenvalue weighted by atomic mass is 10.1. The van der Waals surface area contributed by atoms with Gasteiger partial charge in [0.25, 0.3) is 0 Å². The van der Waals surface area contributed by atoms with E-state index >= 15 is 0 Å². The summed E-state index contributed by atoms with van der Waals surface area (Å²) in [5.41, 5.74) is 0. The van der Waals surface area contributed by atoms with Gasteiger partial charge in [0.05, 0.1) is 0 Å². The molecule has 0 aliphatic heterocycles. The van der Waals surface area contributed by atoms with Crippen LogP contribution in [0.25, 0.3) is 0 Å². The van der Waals surface area contributed by atoms with Gasteiger partial charge >= 0.3 is 0 Å². The van der Waals surface area contributed by atoms with Gasteiger partial charge in [-0.15, -0.1) is 0 Å². The van der Waals surface area contributed by atoms with E-state index in [4.69, 9.17) is 0 Å². The zero-order chi connectivity index (χ0) is 11.4. The Hall–Kier alpha value is -0.570. The predicted octanol–water partition coefficient (Wildman–Crippen LogP) is 1.63. The fraction of sp³-hybridized carbons (Fsp3) is 0.917. The highest BCUT2D eigenvalue weighted by molar-refractivity contribution is 5.76. The van der Waals surface area contributed by atoms with Crippen LogP contribution in [0.5, 0.6) is 0 Å². The first-order valence-corrected chi connectivity index (χ1v) is 5.95. The van der Waals surface area contributed by atoms with Crippen LogP contribution in [0.1, 0.15) is 39.5 Å². The van der Waals surface area contributed by atoms with Crippen molar-refractivity contribution in [2.45, 2.75) is 51.6 Å². The van der Waals surface area contributed by atoms with Crippen molar-refractivity contribution in [3.63, 3.8) is 0 Å². The van der Waals surface area contributed by atoms with Crippen LogP contribution in [-0.2, 0) is 4.79 Å². The molecule has 88 valence electrons. The van der Waals surface area contributed by atoms with Gasteiger partial charge in [-0.25, -0.2) is 0 Å². The highest BCUT2D eigenvalue weighted by atomic mass is 16.2. The minimum atomic E-state index is 0.202. The predicted molar refractivity (Wildman–Crippen MR) is 62.7 cm³/mol. The molecule has 1 aliphatic carbocycles. The number of hydrogen-bond acceptors (Lipinski definition) is 2. The second kappa shape index (κ2) is 5.50. The average Bonchev–Trinajstić information content (AvgIpc) is 2.86. The van der Waals surface area contributed by atoms with Gasteiger partial charge in [-0.05, 0) is 26.2 Å². The van der Waals surface area contributed by atoms with Crippen molar-refractivity contribution in [1.82, 2.24) is 10.2 Å². The molecule has 0 aromatic carbocycles. The van der Waals surface area contributed by atoms with E-state index < -0.39 is 0 Å². The first-order valence-electron chi connectivity index (χ1n) is 5.95. The average molecular weight is 212 g/mol. The zero-order valence-electron chi connectivity index (χ0n) is 10.4. The Labute approximate surface area is 93.2 Å². The van der Waals surface area contributed by atoms with Crippen molar-refractivity contribution in [3.05, 3.63) is 0 Å². The third-order valence-electron chi connectivity index (χ3n) is 2.93. The molecule has 0 radical (unpaired) electrons. The fourth-order valence-corrected chi connectivity index (χ4v) is 1.91. The van der Waals surface area contributed by atoms with E-state index in [1.54, 1.807) is 4.90 Å². The molecule has 1 amide bonds. The Morgan fingerprint density at radius 3 is 2.40 bits per heavy atom. The number of amides is 1. The highest BCUT2D eigenvalue weighted by Crippen LogP contribution is 2.33. The summed E-state index contributed by atoms with van der Waals surface area (Å²) in [6, 6.07) is 0.830. The minimum Gasteiger partial charge on any atom is -0.349 e. The summed E-state index contributed by atoms with van der Waals surface area (Å²) in [5, 5.41) is 3.49. The molecule has 0 spiro atoms. The first-order chi connectivity index (χ1) is 6.99. The maximum absolute atomic E-state index is 11.5. The topological polar surface area (TPSA) is 32.3 Å². The van der Waals surface area contributed by atoms with Gasteiger partial charge in [-0.2, -0.15) is 0 Å². The van der Waals surface area contributed by atoms with Crippen molar-refractivity contribution >= 4 is 5.91 Å². The van der Waals surface area contributed by atoms with E-state index in [0.29, 0.717) is 12.5 Å². The molecule has 1 fully saturated rings. The van der Waals surface area contributed by atoms with Crippen LogP contribution in [0.3, 0.4) is 0 Å². The van der Waals surface area contributed by atoms with E-state index in [1.807, 2.05) is 14.1 Å². The number of nitrogens with zero attached hydrogens (tertiary/aromatic N) is 1. The number of rotatable bonds is 6. The van der Waals surface area contributed by atoms with Gasteiger partial charge < -0.3 is 10.2 Å². The molecule has 1 N–H and O–H groups in total. The SMILES string of the molecule is CC(CC(=O)N(C)C)NC(C)CC1CC1. The Balaban J connectivity index is 2.15. The van der Waals surface area contributed by atoms with Crippen LogP contribution >= 0.6 is 0 Å². The highest BCUT2D eigenvalue weighted by Gasteiger charge is 2.24. The number of carbonyl (C=O) groups excluding carboxylic acids is 1. The number of hydrogen-bond donors (Lipinski definition) is 1. The molecule has 3 heteroatoms. The number of carbonyl (C=O) groups is 1. The van der Waals surface area contributed by atoms with Crippen LogP contribution in [0.2, 0.25) is 0 Å². The first kappa shape index (κ1) is 12.5. The van der Waals surface area contributed by atoms with Gasteiger partial charge in [-0.1, -0.05) is 12.8 Å². The second-order valence-electron chi connectivity index (χ2n) is 5.14. The Morgan fingerprint density at radius 2 is 1.93 bits per heavy atom. The standard InChI is InChI=1S/C12H24N2O/c1-9(7-11-5-6-11)13-10(2)8-12(15)14(3)4/h9-11,13H,5-8H2,1-4H3. The van der Waals surface area contributed by atoms with Crippen LogP contribution in [-0.4, -0.2) is 37.0 Å². The molecular formula is C12H24N2O. The van der Waals surface area contributed by atoms with Crippen LogP contribution in [0, 0.1) is 5.92 Å². The Morgan fingerprint density at radius 1 is 1.33 bits per heavy atom. The molecule has 0 aromatic heterocycles. The summed E-state index contributed by atoms with van der Waals surface area (Å²) in [6.45, 7) is 4.31. The number of nitrogens with one attached hydrogen (secondary N) is 1. The smallest absolute Gasteiger partial charge is 0.223 e. The van der Waals surface area contributed by atoms with Gasteiger partial charge in [0.15, 0.2) is 0 Å². The molecular weight excluding hydrogens is 188 g/mol. The van der Waals surface area contributed by atoms with E-state index in [0.717, 1.165) is 5.92 Å². The Bertz CT molecular complexity index is 212. The van der Waals surface area contributed by atoms with Gasteiger partial charge in [-0.3, -0.25) is 4.79 Å². The van der Waals surface area contributed by atoms with Gasteiger partial charge in [0.1, 0.15) is 0 Å². The third-order valence-corrected chi connectivity index (χ3v) is 2.93. The molecule has 1 aliphatic rings. The van der Waals surface area contributed by atoms with Gasteiger partial charge in [0.2, 0.25) is 5.91 Å². The summed E-state index contributed by atoms with van der Waals surface area (Å²) in [7, 11) is 3.62. The molecule has 1 rings (SSSR count). The van der Waals surface area contributed by atoms with E-state index in [2.05, 4.69) is 19.2 Å². The van der Waals surface area contributed by atoms with E-state index in [9.17, 15) is 4.79 Å². The molecule has 15 heavy (non-hydrogen) atoms. The largest absolute Gasteiger partial charge is 0.349 e. The maximum Gasteiger partial charge on any atom is 0.223 e. The maximum atomic E-state index is 11.5. The molecule has 0 heterocycles. The van der Waals surface area contributed by atoms with Crippen LogP contribution in [0.15, 0.2) is 0 Å². The summed E-state index contributed by atoms with van der Waals surface area (Å²) in [5.74, 6) is 1.15. The van der Waals surface area contributed by atoms with Crippen LogP contribution < -0.4 is 5.32 Å². The molecule has 0 aromatic rings. The van der Waals surface area contributed by atoms with Crippen molar-refractivity contribution < 1.29 is 4.79 Å². The summed E-state index contributed by atoms with van der Waals surface area (Å²) in [6.07, 6.45) is 4.66. The van der Waals surface area contributed by atoms with E-state index in [-0.39, 0.29) is 11.9 Å². The van der Waals surface area contributed by atoms with Crippen molar-refractivity contribution in [3.8, 4) is 0 Å². The lowest BCUT2D eigenvalue weighted by Gasteiger charge is -2.21.